The lowest BCUT2D eigenvalue weighted by atomic mass is 9.67. The zero-order valence-electron chi connectivity index (χ0n) is 18.1. The van der Waals surface area contributed by atoms with Crippen LogP contribution in [0.2, 0.25) is 0 Å². The summed E-state index contributed by atoms with van der Waals surface area (Å²) in [7, 11) is -3.04. The Balaban J connectivity index is 1.70. The predicted octanol–water partition coefficient (Wildman–Crippen LogP) is 4.93. The molecule has 6 heteroatoms. The van der Waals surface area contributed by atoms with Gasteiger partial charge in [0.1, 0.15) is 7.14 Å². The Hall–Kier alpha value is -2.16. The van der Waals surface area contributed by atoms with Crippen LogP contribution in [0.5, 0.6) is 0 Å². The number of imide groups is 1. The van der Waals surface area contributed by atoms with Gasteiger partial charge in [0.15, 0.2) is 0 Å². The van der Waals surface area contributed by atoms with E-state index in [1.807, 2.05) is 64.1 Å². The van der Waals surface area contributed by atoms with Crippen LogP contribution in [0, 0.1) is 38.0 Å². The van der Waals surface area contributed by atoms with Crippen molar-refractivity contribution < 1.29 is 14.2 Å². The third-order valence-corrected chi connectivity index (χ3v) is 11.9. The van der Waals surface area contributed by atoms with Crippen molar-refractivity contribution in [2.24, 2.45) is 17.3 Å². The van der Waals surface area contributed by atoms with Crippen LogP contribution in [0.4, 0.5) is 5.69 Å². The van der Waals surface area contributed by atoms with Gasteiger partial charge in [-0.1, -0.05) is 60.5 Å². The first-order valence-electron chi connectivity index (χ1n) is 10.6. The minimum atomic E-state index is -3.04. The summed E-state index contributed by atoms with van der Waals surface area (Å²) in [5.41, 5.74) is 2.26. The molecule has 31 heavy (non-hydrogen) atoms. The van der Waals surface area contributed by atoms with Crippen LogP contribution in [0.3, 0.4) is 0 Å². The Labute approximate surface area is 187 Å². The van der Waals surface area contributed by atoms with E-state index in [0.717, 1.165) is 22.0 Å². The molecular formula is C25H25ClNO3P. The van der Waals surface area contributed by atoms with E-state index in [-0.39, 0.29) is 11.8 Å². The largest absolute Gasteiger partial charge is 0.318 e. The number of allylic oxidation sites excluding steroid dienone is 2. The fourth-order valence-electron chi connectivity index (χ4n) is 6.27. The van der Waals surface area contributed by atoms with Gasteiger partial charge in [0.2, 0.25) is 11.8 Å². The standard InChI is InChI=1S/C25H25ClNO3P/c1-14-10-15(2)22(16(3)11-14)31(30)13-25(4)19(26)12-18(31)20-21(25)24(29)27(23(20)28)17-8-6-5-7-9-17/h5-12,18,20-21H,13H2,1-4H3/t18-,20+,21-,25+,31?/m0/s1. The van der Waals surface area contributed by atoms with E-state index in [1.54, 1.807) is 12.1 Å². The minimum absolute atomic E-state index is 0.233. The van der Waals surface area contributed by atoms with E-state index in [9.17, 15) is 14.2 Å². The highest BCUT2D eigenvalue weighted by molar-refractivity contribution is 7.73. The van der Waals surface area contributed by atoms with Gasteiger partial charge >= 0.3 is 0 Å². The number of amides is 2. The smallest absolute Gasteiger partial charge is 0.238 e. The molecule has 2 aromatic carbocycles. The summed E-state index contributed by atoms with van der Waals surface area (Å²) >= 11 is 6.71. The van der Waals surface area contributed by atoms with Crippen LogP contribution in [0.15, 0.2) is 53.6 Å². The number of benzene rings is 2. The Morgan fingerprint density at radius 3 is 2.26 bits per heavy atom. The number of carbonyl (C=O) groups is 2. The molecule has 0 radical (unpaired) electrons. The number of rotatable bonds is 2. The van der Waals surface area contributed by atoms with Crippen molar-refractivity contribution in [3.63, 3.8) is 0 Å². The van der Waals surface area contributed by atoms with Crippen LogP contribution in [-0.4, -0.2) is 23.6 Å². The highest BCUT2D eigenvalue weighted by atomic mass is 35.5. The maximum atomic E-state index is 14.8. The van der Waals surface area contributed by atoms with Crippen molar-refractivity contribution in [2.45, 2.75) is 33.4 Å². The Kier molecular flexibility index (Phi) is 4.46. The second kappa shape index (κ2) is 6.67. The summed E-state index contributed by atoms with van der Waals surface area (Å²) in [6.45, 7) is 7.91. The van der Waals surface area contributed by atoms with Crippen LogP contribution in [-0.2, 0) is 14.2 Å². The number of aryl methyl sites for hydroxylation is 3. The van der Waals surface area contributed by atoms with E-state index < -0.39 is 30.1 Å². The molecule has 160 valence electrons. The summed E-state index contributed by atoms with van der Waals surface area (Å²) in [6, 6.07) is 13.1. The maximum Gasteiger partial charge on any atom is 0.238 e. The molecule has 0 spiro atoms. The molecule has 1 unspecified atom stereocenters. The molecule has 0 aromatic heterocycles. The molecule has 0 N–H and O–H groups in total. The summed E-state index contributed by atoms with van der Waals surface area (Å²) < 4.78 is 14.8. The first-order chi connectivity index (χ1) is 14.6. The number of fused-ring (bicyclic) bond motifs is 1. The molecule has 5 atom stereocenters. The highest BCUT2D eigenvalue weighted by Crippen LogP contribution is 2.72. The number of hydrogen-bond acceptors (Lipinski definition) is 3. The van der Waals surface area contributed by atoms with Crippen molar-refractivity contribution in [2.75, 3.05) is 11.1 Å². The quantitative estimate of drug-likeness (QED) is 0.478. The van der Waals surface area contributed by atoms with Gasteiger partial charge in [-0.05, 0) is 44.0 Å². The number of halogens is 1. The van der Waals surface area contributed by atoms with Crippen LogP contribution in [0.1, 0.15) is 23.6 Å². The number of anilines is 1. The molecule has 2 fully saturated rings. The molecule has 2 aromatic rings. The van der Waals surface area contributed by atoms with Crippen molar-refractivity contribution in [3.8, 4) is 0 Å². The lowest BCUT2D eigenvalue weighted by Crippen LogP contribution is -2.53. The molecule has 2 saturated heterocycles. The zero-order valence-corrected chi connectivity index (χ0v) is 19.7. The van der Waals surface area contributed by atoms with Crippen LogP contribution >= 0.6 is 18.7 Å². The van der Waals surface area contributed by atoms with Crippen LogP contribution < -0.4 is 10.2 Å². The number of para-hydroxylation sites is 1. The summed E-state index contributed by atoms with van der Waals surface area (Å²) in [5.74, 6) is -1.74. The molecule has 4 aliphatic rings. The van der Waals surface area contributed by atoms with Gasteiger partial charge in [0.25, 0.3) is 0 Å². The number of nitrogens with zero attached hydrogens (tertiary/aromatic N) is 1. The molecule has 3 heterocycles. The van der Waals surface area contributed by atoms with Crippen molar-refractivity contribution in [3.05, 3.63) is 70.3 Å². The van der Waals surface area contributed by atoms with Gasteiger partial charge in [-0.3, -0.25) is 9.59 Å². The van der Waals surface area contributed by atoms with Crippen molar-refractivity contribution in [1.29, 1.82) is 0 Å². The SMILES string of the molecule is Cc1cc(C)c(P2(=O)C[C@]3(C)C(Cl)=C[C@H]2[C@H]2C(=O)N(c4ccccc4)C(=O)[C@H]23)c(C)c1. The molecular weight excluding hydrogens is 429 g/mol. The zero-order chi connectivity index (χ0) is 22.3. The van der Waals surface area contributed by atoms with Crippen molar-refractivity contribution >= 4 is 41.5 Å². The lowest BCUT2D eigenvalue weighted by molar-refractivity contribution is -0.123. The Bertz CT molecular complexity index is 1200. The molecule has 6 rings (SSSR count). The second-order valence-corrected chi connectivity index (χ2v) is 12.8. The first kappa shape index (κ1) is 20.7. The second-order valence-electron chi connectivity index (χ2n) is 9.47. The first-order valence-corrected chi connectivity index (χ1v) is 12.9. The van der Waals surface area contributed by atoms with Gasteiger partial charge < -0.3 is 4.57 Å². The van der Waals surface area contributed by atoms with E-state index in [0.29, 0.717) is 16.9 Å². The fourth-order valence-corrected chi connectivity index (χ4v) is 11.3. The van der Waals surface area contributed by atoms with E-state index in [2.05, 4.69) is 0 Å². The maximum absolute atomic E-state index is 14.8. The van der Waals surface area contributed by atoms with E-state index in [1.165, 1.54) is 4.90 Å². The lowest BCUT2D eigenvalue weighted by Gasteiger charge is -2.52. The van der Waals surface area contributed by atoms with E-state index >= 15 is 0 Å². The monoisotopic (exact) mass is 453 g/mol. The Morgan fingerprint density at radius 1 is 1.03 bits per heavy atom. The molecule has 2 bridgehead atoms. The van der Waals surface area contributed by atoms with Gasteiger partial charge in [-0.15, -0.1) is 0 Å². The minimum Gasteiger partial charge on any atom is -0.318 e. The predicted molar refractivity (Wildman–Crippen MR) is 125 cm³/mol. The number of carbonyl (C=O) groups excluding carboxylic acids is 2. The van der Waals surface area contributed by atoms with Gasteiger partial charge in [-0.2, -0.15) is 0 Å². The van der Waals surface area contributed by atoms with E-state index in [4.69, 9.17) is 11.6 Å². The Morgan fingerprint density at radius 2 is 1.65 bits per heavy atom. The topological polar surface area (TPSA) is 54.5 Å². The highest BCUT2D eigenvalue weighted by Gasteiger charge is 2.69. The average Bonchev–Trinajstić information content (AvgIpc) is 2.95. The average molecular weight is 454 g/mol. The molecule has 3 aliphatic heterocycles. The molecule has 4 nitrogen and oxygen atoms in total. The summed E-state index contributed by atoms with van der Waals surface area (Å²) in [4.78, 5) is 28.5. The molecule has 1 aliphatic carbocycles. The van der Waals surface area contributed by atoms with Gasteiger partial charge in [0, 0.05) is 27.6 Å². The fraction of sp³-hybridized carbons (Fsp3) is 0.360. The van der Waals surface area contributed by atoms with Crippen LogP contribution in [0.25, 0.3) is 0 Å². The molecule has 0 saturated carbocycles. The normalized spacial score (nSPS) is 34.2. The third kappa shape index (κ3) is 2.64. The van der Waals surface area contributed by atoms with Crippen molar-refractivity contribution in [1.82, 2.24) is 0 Å². The van der Waals surface area contributed by atoms with Gasteiger partial charge in [-0.25, -0.2) is 4.90 Å². The number of hydrogen-bond donors (Lipinski definition) is 0. The summed E-state index contributed by atoms with van der Waals surface area (Å²) in [5, 5.41) is 1.41. The summed E-state index contributed by atoms with van der Waals surface area (Å²) in [6.07, 6.45) is 2.14. The van der Waals surface area contributed by atoms with Gasteiger partial charge in [0.05, 0.1) is 17.5 Å². The third-order valence-electron chi connectivity index (χ3n) is 7.34. The molecule has 2 amide bonds.